The molecule has 1 aliphatic rings. The average Bonchev–Trinajstić information content (AvgIpc) is 3.48. The number of aromatic hydroxyl groups is 1. The number of aromatic nitrogens is 3. The number of fused-ring (bicyclic) bond motifs is 1. The fourth-order valence-corrected chi connectivity index (χ4v) is 3.73. The van der Waals surface area contributed by atoms with Crippen LogP contribution in [0.3, 0.4) is 0 Å². The summed E-state index contributed by atoms with van der Waals surface area (Å²) in [5.74, 6) is -4.03. The van der Waals surface area contributed by atoms with Crippen molar-refractivity contribution in [3.05, 3.63) is 71.4 Å². The maximum atomic E-state index is 14.7. The number of nitrogens with zero attached hydrogens (tertiary/aromatic N) is 3. The van der Waals surface area contributed by atoms with Crippen LogP contribution in [0.1, 0.15) is 30.0 Å². The quantitative estimate of drug-likeness (QED) is 0.386. The van der Waals surface area contributed by atoms with Gasteiger partial charge in [0.1, 0.15) is 29.5 Å². The highest BCUT2D eigenvalue weighted by Gasteiger charge is 2.35. The van der Waals surface area contributed by atoms with Crippen LogP contribution >= 0.6 is 0 Å². The molecule has 0 bridgehead atoms. The fourth-order valence-electron chi connectivity index (χ4n) is 3.73. The minimum atomic E-state index is -4.90. The highest BCUT2D eigenvalue weighted by atomic mass is 19.4. The topological polar surface area (TPSA) is 50.4 Å². The van der Waals surface area contributed by atoms with Crippen molar-refractivity contribution in [2.75, 3.05) is 0 Å². The molecule has 5 rings (SSSR count). The third-order valence-electron chi connectivity index (χ3n) is 5.36. The Kier molecular flexibility index (Phi) is 4.44. The van der Waals surface area contributed by atoms with Gasteiger partial charge >= 0.3 is 6.18 Å². The van der Waals surface area contributed by atoms with Gasteiger partial charge in [0.05, 0.1) is 28.0 Å². The zero-order valence-electron chi connectivity index (χ0n) is 16.1. The zero-order chi connectivity index (χ0) is 22.8. The first kappa shape index (κ1) is 20.3. The number of hydrogen-bond donors (Lipinski definition) is 1. The predicted octanol–water partition coefficient (Wildman–Crippen LogP) is 6.08. The molecule has 0 saturated heterocycles. The van der Waals surface area contributed by atoms with Crippen molar-refractivity contribution in [1.29, 1.82) is 0 Å². The van der Waals surface area contributed by atoms with E-state index >= 15 is 0 Å². The fraction of sp³-hybridized carbons (Fsp3) is 0.182. The predicted molar refractivity (Wildman–Crippen MR) is 102 cm³/mol. The third-order valence-corrected chi connectivity index (χ3v) is 5.36. The lowest BCUT2D eigenvalue weighted by atomic mass is 9.99. The van der Waals surface area contributed by atoms with E-state index in [1.807, 2.05) is 0 Å². The van der Waals surface area contributed by atoms with Crippen molar-refractivity contribution in [2.45, 2.75) is 24.9 Å². The molecule has 0 radical (unpaired) electrons. The Bertz CT molecular complexity index is 1350. The first-order valence-corrected chi connectivity index (χ1v) is 9.57. The van der Waals surface area contributed by atoms with E-state index in [2.05, 4.69) is 10.1 Å². The van der Waals surface area contributed by atoms with Crippen molar-refractivity contribution < 1.29 is 31.4 Å². The van der Waals surface area contributed by atoms with Crippen LogP contribution in [-0.2, 0) is 6.18 Å². The molecule has 1 saturated carbocycles. The van der Waals surface area contributed by atoms with E-state index in [4.69, 9.17) is 0 Å². The van der Waals surface area contributed by atoms with E-state index in [-0.39, 0.29) is 28.3 Å². The Morgan fingerprint density at radius 2 is 1.59 bits per heavy atom. The van der Waals surface area contributed by atoms with E-state index < -0.39 is 40.5 Å². The summed E-state index contributed by atoms with van der Waals surface area (Å²) in [7, 11) is 0. The molecular weight excluding hydrogens is 436 g/mol. The molecule has 10 heteroatoms. The molecule has 4 aromatic rings. The Labute approximate surface area is 176 Å². The second kappa shape index (κ2) is 6.98. The third kappa shape index (κ3) is 3.35. The maximum absolute atomic E-state index is 14.7. The molecule has 164 valence electrons. The summed E-state index contributed by atoms with van der Waals surface area (Å²) in [6.07, 6.45) is -2.13. The first-order chi connectivity index (χ1) is 15.1. The number of hydrogen-bond acceptors (Lipinski definition) is 3. The molecule has 4 nitrogen and oxygen atoms in total. The number of benzene rings is 2. The van der Waals surface area contributed by atoms with E-state index in [9.17, 15) is 31.4 Å². The molecule has 32 heavy (non-hydrogen) atoms. The highest BCUT2D eigenvalue weighted by Crippen LogP contribution is 2.47. The Morgan fingerprint density at radius 1 is 0.906 bits per heavy atom. The smallest absolute Gasteiger partial charge is 0.419 e. The summed E-state index contributed by atoms with van der Waals surface area (Å²) in [5, 5.41) is 13.9. The van der Waals surface area contributed by atoms with Crippen molar-refractivity contribution in [2.24, 2.45) is 0 Å². The van der Waals surface area contributed by atoms with E-state index in [1.54, 1.807) is 0 Å². The minimum absolute atomic E-state index is 0.0204. The van der Waals surface area contributed by atoms with E-state index in [1.165, 1.54) is 16.9 Å². The Balaban J connectivity index is 1.75. The second-order valence-corrected chi connectivity index (χ2v) is 7.62. The van der Waals surface area contributed by atoms with E-state index in [0.29, 0.717) is 17.8 Å². The molecule has 0 aliphatic heterocycles. The van der Waals surface area contributed by atoms with Gasteiger partial charge in [-0.3, -0.25) is 0 Å². The summed E-state index contributed by atoms with van der Waals surface area (Å²) in [4.78, 5) is 4.10. The monoisotopic (exact) mass is 449 g/mol. The lowest BCUT2D eigenvalue weighted by Crippen LogP contribution is -2.08. The molecule has 1 aliphatic carbocycles. The van der Waals surface area contributed by atoms with Crippen LogP contribution in [-0.4, -0.2) is 19.7 Å². The lowest BCUT2D eigenvalue weighted by Gasteiger charge is -2.10. The molecule has 0 spiro atoms. The number of rotatable bonds is 3. The van der Waals surface area contributed by atoms with Crippen LogP contribution in [0.15, 0.2) is 42.7 Å². The standard InChI is InChI=1S/C22H13F6N3O/c23-14-4-3-11(5-13(14)22(26,27)28)17-8-18-20(19-15(24)6-12(32)7-16(19)25)21(10-1-2-10)30-31(18)9-29-17/h3-10,32H,1-2H2. The van der Waals surface area contributed by atoms with Crippen molar-refractivity contribution >= 4 is 5.52 Å². The molecule has 1 N–H and O–H groups in total. The van der Waals surface area contributed by atoms with Crippen LogP contribution in [0.5, 0.6) is 5.75 Å². The van der Waals surface area contributed by atoms with Gasteiger partial charge in [-0.05, 0) is 37.1 Å². The van der Waals surface area contributed by atoms with Gasteiger partial charge < -0.3 is 5.11 Å². The molecule has 2 heterocycles. The SMILES string of the molecule is Oc1cc(F)c(-c2c(C3CC3)nn3cnc(-c4ccc(F)c(C(F)(F)F)c4)cc23)c(F)c1. The van der Waals surface area contributed by atoms with Gasteiger partial charge in [0.25, 0.3) is 0 Å². The Morgan fingerprint density at radius 3 is 2.22 bits per heavy atom. The van der Waals surface area contributed by atoms with Gasteiger partial charge in [0.15, 0.2) is 0 Å². The number of halogens is 6. The molecule has 0 amide bonds. The average molecular weight is 449 g/mol. The summed E-state index contributed by atoms with van der Waals surface area (Å²) < 4.78 is 83.8. The lowest BCUT2D eigenvalue weighted by molar-refractivity contribution is -0.139. The van der Waals surface area contributed by atoms with Crippen LogP contribution in [0, 0.1) is 17.5 Å². The number of phenolic OH excluding ortho intramolecular Hbond substituents is 1. The molecule has 0 atom stereocenters. The van der Waals surface area contributed by atoms with Gasteiger partial charge in [-0.25, -0.2) is 22.7 Å². The normalized spacial score (nSPS) is 14.3. The largest absolute Gasteiger partial charge is 0.508 e. The molecule has 2 aromatic carbocycles. The van der Waals surface area contributed by atoms with Gasteiger partial charge in [0, 0.05) is 29.2 Å². The summed E-state index contributed by atoms with van der Waals surface area (Å²) in [6.45, 7) is 0. The van der Waals surface area contributed by atoms with Gasteiger partial charge in [-0.2, -0.15) is 18.3 Å². The summed E-state index contributed by atoms with van der Waals surface area (Å²) in [6, 6.07) is 5.37. The minimum Gasteiger partial charge on any atom is -0.508 e. The van der Waals surface area contributed by atoms with Gasteiger partial charge in [-0.15, -0.1) is 0 Å². The first-order valence-electron chi connectivity index (χ1n) is 9.57. The van der Waals surface area contributed by atoms with Crippen LogP contribution in [0.25, 0.3) is 27.9 Å². The molecule has 2 aromatic heterocycles. The van der Waals surface area contributed by atoms with Crippen LogP contribution in [0.4, 0.5) is 26.3 Å². The van der Waals surface area contributed by atoms with Crippen LogP contribution < -0.4 is 0 Å². The summed E-state index contributed by atoms with van der Waals surface area (Å²) >= 11 is 0. The number of alkyl halides is 3. The van der Waals surface area contributed by atoms with Crippen molar-refractivity contribution in [1.82, 2.24) is 14.6 Å². The second-order valence-electron chi connectivity index (χ2n) is 7.62. The van der Waals surface area contributed by atoms with Crippen molar-refractivity contribution in [3.63, 3.8) is 0 Å². The Hall–Kier alpha value is -3.56. The molecule has 0 unspecified atom stereocenters. The highest BCUT2D eigenvalue weighted by molar-refractivity contribution is 5.86. The maximum Gasteiger partial charge on any atom is 0.419 e. The van der Waals surface area contributed by atoms with Gasteiger partial charge in [-0.1, -0.05) is 0 Å². The molecule has 1 fully saturated rings. The van der Waals surface area contributed by atoms with Crippen LogP contribution in [0.2, 0.25) is 0 Å². The number of phenols is 1. The zero-order valence-corrected chi connectivity index (χ0v) is 16.1. The van der Waals surface area contributed by atoms with Gasteiger partial charge in [0.2, 0.25) is 0 Å². The van der Waals surface area contributed by atoms with Crippen molar-refractivity contribution in [3.8, 4) is 28.1 Å². The molecular formula is C22H13F6N3O. The summed E-state index contributed by atoms with van der Waals surface area (Å²) in [5.41, 5.74) is -1.02. The van der Waals surface area contributed by atoms with E-state index in [0.717, 1.165) is 31.0 Å².